The zero-order valence-corrected chi connectivity index (χ0v) is 19.4. The lowest BCUT2D eigenvalue weighted by molar-refractivity contribution is -0.118. The number of esters is 2. The van der Waals surface area contributed by atoms with E-state index >= 15 is 0 Å². The van der Waals surface area contributed by atoms with Crippen molar-refractivity contribution in [1.82, 2.24) is 0 Å². The van der Waals surface area contributed by atoms with Crippen LogP contribution in [0.25, 0.3) is 0 Å². The van der Waals surface area contributed by atoms with Crippen molar-refractivity contribution in [3.8, 4) is 5.75 Å². The topological polar surface area (TPSA) is 90.9 Å². The predicted molar refractivity (Wildman–Crippen MR) is 120 cm³/mol. The van der Waals surface area contributed by atoms with Crippen LogP contribution in [0.1, 0.15) is 58.9 Å². The standard InChI is InChI=1S/C23H29NO6S/c1-6-16-8-10-17(11-9-16)29-13-18(25)24-21-19(22(26)28-7-2)15(5)20(31-21)23(27)30-12-14(3)4/h8-11,14H,6-7,12-13H2,1-5H3,(H,24,25). The first-order chi connectivity index (χ1) is 14.8. The molecular weight excluding hydrogens is 418 g/mol. The summed E-state index contributed by atoms with van der Waals surface area (Å²) in [6.07, 6.45) is 0.914. The molecule has 0 unspecified atom stereocenters. The van der Waals surface area contributed by atoms with E-state index in [-0.39, 0.29) is 41.2 Å². The van der Waals surface area contributed by atoms with Gasteiger partial charge in [-0.1, -0.05) is 32.9 Å². The Labute approximate surface area is 186 Å². The summed E-state index contributed by atoms with van der Waals surface area (Å²) in [5, 5.41) is 2.91. The lowest BCUT2D eigenvalue weighted by atomic mass is 10.1. The van der Waals surface area contributed by atoms with Gasteiger partial charge in [0.05, 0.1) is 18.8 Å². The van der Waals surface area contributed by atoms with Crippen LogP contribution in [0, 0.1) is 12.8 Å². The number of carbonyl (C=O) groups is 3. The van der Waals surface area contributed by atoms with E-state index in [4.69, 9.17) is 14.2 Å². The molecule has 1 N–H and O–H groups in total. The van der Waals surface area contributed by atoms with Gasteiger partial charge in [0.1, 0.15) is 15.6 Å². The van der Waals surface area contributed by atoms with E-state index in [0.717, 1.165) is 17.8 Å². The summed E-state index contributed by atoms with van der Waals surface area (Å²) in [6, 6.07) is 7.47. The second-order valence-corrected chi connectivity index (χ2v) is 8.33. The molecule has 0 saturated carbocycles. The average Bonchev–Trinajstić information content (AvgIpc) is 3.06. The van der Waals surface area contributed by atoms with Gasteiger partial charge in [0.25, 0.3) is 5.91 Å². The van der Waals surface area contributed by atoms with E-state index in [0.29, 0.717) is 11.3 Å². The lowest BCUT2D eigenvalue weighted by Gasteiger charge is -2.09. The average molecular weight is 448 g/mol. The van der Waals surface area contributed by atoms with Crippen molar-refractivity contribution in [1.29, 1.82) is 0 Å². The van der Waals surface area contributed by atoms with Crippen molar-refractivity contribution in [2.75, 3.05) is 25.1 Å². The molecule has 168 valence electrons. The van der Waals surface area contributed by atoms with Crippen LogP contribution in [0.3, 0.4) is 0 Å². The van der Waals surface area contributed by atoms with Crippen LogP contribution in [-0.2, 0) is 20.7 Å². The number of benzene rings is 1. The van der Waals surface area contributed by atoms with Gasteiger partial charge in [-0.15, -0.1) is 11.3 Å². The van der Waals surface area contributed by atoms with Gasteiger partial charge >= 0.3 is 11.9 Å². The molecule has 31 heavy (non-hydrogen) atoms. The largest absolute Gasteiger partial charge is 0.484 e. The third kappa shape index (κ3) is 6.82. The third-order valence-corrected chi connectivity index (χ3v) is 5.50. The van der Waals surface area contributed by atoms with Crippen molar-refractivity contribution in [3.05, 3.63) is 45.8 Å². The van der Waals surface area contributed by atoms with E-state index in [2.05, 4.69) is 12.2 Å². The fourth-order valence-electron chi connectivity index (χ4n) is 2.69. The molecule has 0 aliphatic carbocycles. The fraction of sp³-hybridized carbons (Fsp3) is 0.435. The molecule has 1 amide bonds. The van der Waals surface area contributed by atoms with Gasteiger partial charge in [0, 0.05) is 0 Å². The number of anilines is 1. The molecule has 7 nitrogen and oxygen atoms in total. The fourth-order valence-corrected chi connectivity index (χ4v) is 3.79. The molecule has 0 aliphatic rings. The number of nitrogens with one attached hydrogen (secondary N) is 1. The molecule has 0 spiro atoms. The molecule has 2 aromatic rings. The van der Waals surface area contributed by atoms with Gasteiger partial charge < -0.3 is 19.5 Å². The van der Waals surface area contributed by atoms with Crippen LogP contribution in [0.5, 0.6) is 5.75 Å². The maximum atomic E-state index is 12.5. The Balaban J connectivity index is 2.16. The van der Waals surface area contributed by atoms with E-state index in [1.54, 1.807) is 26.0 Å². The second kappa shape index (κ2) is 11.5. The van der Waals surface area contributed by atoms with Crippen molar-refractivity contribution >= 4 is 34.2 Å². The Bertz CT molecular complexity index is 917. The minimum absolute atomic E-state index is 0.156. The molecule has 2 rings (SSSR count). The van der Waals surface area contributed by atoms with Gasteiger partial charge in [-0.25, -0.2) is 9.59 Å². The van der Waals surface area contributed by atoms with Crippen LogP contribution in [-0.4, -0.2) is 37.7 Å². The van der Waals surface area contributed by atoms with Crippen LogP contribution >= 0.6 is 11.3 Å². The zero-order chi connectivity index (χ0) is 23.0. The number of hydrogen-bond acceptors (Lipinski definition) is 7. The summed E-state index contributed by atoms with van der Waals surface area (Å²) in [7, 11) is 0. The molecule has 0 atom stereocenters. The first kappa shape index (κ1) is 24.4. The number of rotatable bonds is 10. The number of amides is 1. The van der Waals surface area contributed by atoms with Gasteiger partial charge in [-0.3, -0.25) is 4.79 Å². The molecule has 0 bridgehead atoms. The van der Waals surface area contributed by atoms with Crippen LogP contribution in [0.2, 0.25) is 0 Å². The summed E-state index contributed by atoms with van der Waals surface area (Å²) >= 11 is 0.992. The van der Waals surface area contributed by atoms with E-state index < -0.39 is 17.8 Å². The predicted octanol–water partition coefficient (Wildman–Crippen LogP) is 4.63. The summed E-state index contributed by atoms with van der Waals surface area (Å²) < 4.78 is 15.9. The highest BCUT2D eigenvalue weighted by Gasteiger charge is 2.27. The quantitative estimate of drug-likeness (QED) is 0.534. The Morgan fingerprint density at radius 2 is 1.71 bits per heavy atom. The monoisotopic (exact) mass is 447 g/mol. The molecule has 1 aromatic carbocycles. The molecule has 0 saturated heterocycles. The first-order valence-electron chi connectivity index (χ1n) is 10.3. The Morgan fingerprint density at radius 1 is 1.03 bits per heavy atom. The lowest BCUT2D eigenvalue weighted by Crippen LogP contribution is -2.21. The smallest absolute Gasteiger partial charge is 0.348 e. The summed E-state index contributed by atoms with van der Waals surface area (Å²) in [6.45, 7) is 9.44. The molecule has 0 fully saturated rings. The highest BCUT2D eigenvalue weighted by molar-refractivity contribution is 7.18. The van der Waals surface area contributed by atoms with Crippen molar-refractivity contribution in [2.24, 2.45) is 5.92 Å². The Morgan fingerprint density at radius 3 is 2.29 bits per heavy atom. The molecule has 1 aromatic heterocycles. The SMILES string of the molecule is CCOC(=O)c1c(NC(=O)COc2ccc(CC)cc2)sc(C(=O)OCC(C)C)c1C. The number of thiophene rings is 1. The molecule has 1 heterocycles. The molecular formula is C23H29NO6S. The van der Waals surface area contributed by atoms with Crippen LogP contribution in [0.4, 0.5) is 5.00 Å². The molecule has 0 radical (unpaired) electrons. The highest BCUT2D eigenvalue weighted by atomic mass is 32.1. The Hall–Kier alpha value is -2.87. The van der Waals surface area contributed by atoms with E-state index in [1.165, 1.54) is 5.56 Å². The van der Waals surface area contributed by atoms with E-state index in [1.807, 2.05) is 26.0 Å². The Kier molecular flexibility index (Phi) is 9.05. The number of carbonyl (C=O) groups excluding carboxylic acids is 3. The minimum atomic E-state index is -0.606. The second-order valence-electron chi connectivity index (χ2n) is 7.31. The first-order valence-corrected chi connectivity index (χ1v) is 11.1. The number of aryl methyl sites for hydroxylation is 1. The number of hydrogen-bond donors (Lipinski definition) is 1. The van der Waals surface area contributed by atoms with Gasteiger partial charge in [-0.05, 0) is 49.4 Å². The molecule has 0 aliphatic heterocycles. The summed E-state index contributed by atoms with van der Waals surface area (Å²) in [5.74, 6) is -0.844. The van der Waals surface area contributed by atoms with Crippen LogP contribution < -0.4 is 10.1 Å². The summed E-state index contributed by atoms with van der Waals surface area (Å²) in [5.41, 5.74) is 1.74. The zero-order valence-electron chi connectivity index (χ0n) is 18.6. The maximum absolute atomic E-state index is 12.5. The van der Waals surface area contributed by atoms with Gasteiger partial charge in [0.15, 0.2) is 6.61 Å². The van der Waals surface area contributed by atoms with Crippen molar-refractivity contribution < 1.29 is 28.6 Å². The normalized spacial score (nSPS) is 10.6. The molecule has 8 heteroatoms. The third-order valence-electron chi connectivity index (χ3n) is 4.31. The van der Waals surface area contributed by atoms with Crippen molar-refractivity contribution in [3.63, 3.8) is 0 Å². The van der Waals surface area contributed by atoms with Crippen LogP contribution in [0.15, 0.2) is 24.3 Å². The number of ether oxygens (including phenoxy) is 3. The summed E-state index contributed by atoms with van der Waals surface area (Å²) in [4.78, 5) is 37.6. The maximum Gasteiger partial charge on any atom is 0.348 e. The minimum Gasteiger partial charge on any atom is -0.484 e. The van der Waals surface area contributed by atoms with Gasteiger partial charge in [-0.2, -0.15) is 0 Å². The van der Waals surface area contributed by atoms with Gasteiger partial charge in [0.2, 0.25) is 0 Å². The van der Waals surface area contributed by atoms with Crippen molar-refractivity contribution in [2.45, 2.75) is 41.0 Å². The van der Waals surface area contributed by atoms with E-state index in [9.17, 15) is 14.4 Å². The highest BCUT2D eigenvalue weighted by Crippen LogP contribution is 2.34.